The number of rotatable bonds is 4. The highest BCUT2D eigenvalue weighted by atomic mass is 16.6. The fraction of sp³-hybridized carbons (Fsp3) is 0.364. The number of nitro groups is 1. The van der Waals surface area contributed by atoms with Gasteiger partial charge >= 0.3 is 5.97 Å². The number of hydrogen-bond donors (Lipinski definition) is 1. The summed E-state index contributed by atoms with van der Waals surface area (Å²) in [5, 5.41) is 10.7. The molecule has 1 rings (SSSR count). The minimum atomic E-state index is -0.584. The van der Waals surface area contributed by atoms with Gasteiger partial charge in [-0.2, -0.15) is 0 Å². The molecular weight excluding hydrogens is 224 g/mol. The van der Waals surface area contributed by atoms with Crippen LogP contribution >= 0.6 is 0 Å². The van der Waals surface area contributed by atoms with Crippen LogP contribution < -0.4 is 5.73 Å². The minimum Gasteiger partial charge on any atom is -0.469 e. The lowest BCUT2D eigenvalue weighted by molar-refractivity contribution is -0.385. The first-order valence-electron chi connectivity index (χ1n) is 5.04. The molecule has 0 saturated carbocycles. The van der Waals surface area contributed by atoms with E-state index in [1.54, 1.807) is 13.0 Å². The Morgan fingerprint density at radius 3 is 2.65 bits per heavy atom. The number of ether oxygens (including phenoxy) is 1. The van der Waals surface area contributed by atoms with E-state index in [4.69, 9.17) is 5.73 Å². The van der Waals surface area contributed by atoms with E-state index in [0.717, 1.165) is 0 Å². The van der Waals surface area contributed by atoms with Gasteiger partial charge in [0.2, 0.25) is 0 Å². The molecule has 0 saturated heterocycles. The van der Waals surface area contributed by atoms with Crippen molar-refractivity contribution in [1.82, 2.24) is 0 Å². The van der Waals surface area contributed by atoms with Crippen LogP contribution in [-0.4, -0.2) is 24.5 Å². The Labute approximate surface area is 98.5 Å². The van der Waals surface area contributed by atoms with E-state index >= 15 is 0 Å². The Kier molecular flexibility index (Phi) is 4.17. The molecule has 17 heavy (non-hydrogen) atoms. The van der Waals surface area contributed by atoms with Gasteiger partial charge in [0, 0.05) is 18.2 Å². The van der Waals surface area contributed by atoms with Gasteiger partial charge in [0.1, 0.15) is 0 Å². The van der Waals surface area contributed by atoms with E-state index in [1.807, 2.05) is 0 Å². The van der Waals surface area contributed by atoms with Crippen LogP contribution in [0.1, 0.15) is 17.0 Å². The van der Waals surface area contributed by atoms with Crippen molar-refractivity contribution in [3.05, 3.63) is 39.4 Å². The first-order valence-corrected chi connectivity index (χ1v) is 5.04. The Morgan fingerprint density at radius 2 is 2.24 bits per heavy atom. The highest BCUT2D eigenvalue weighted by Gasteiger charge is 2.21. The Hall–Kier alpha value is -1.95. The van der Waals surface area contributed by atoms with Gasteiger partial charge in [0.15, 0.2) is 0 Å². The van der Waals surface area contributed by atoms with E-state index in [0.29, 0.717) is 11.1 Å². The van der Waals surface area contributed by atoms with Gasteiger partial charge in [-0.15, -0.1) is 0 Å². The summed E-state index contributed by atoms with van der Waals surface area (Å²) < 4.78 is 4.62. The maximum atomic E-state index is 11.4. The van der Waals surface area contributed by atoms with Crippen molar-refractivity contribution >= 4 is 11.7 Å². The predicted molar refractivity (Wildman–Crippen MR) is 61.6 cm³/mol. The molecule has 0 aliphatic heterocycles. The summed E-state index contributed by atoms with van der Waals surface area (Å²) in [7, 11) is 1.28. The second-order valence-electron chi connectivity index (χ2n) is 3.61. The lowest BCUT2D eigenvalue weighted by atomic mass is 9.97. The molecule has 1 aromatic rings. The summed E-state index contributed by atoms with van der Waals surface area (Å²) in [4.78, 5) is 21.6. The van der Waals surface area contributed by atoms with Crippen molar-refractivity contribution in [1.29, 1.82) is 0 Å². The number of methoxy groups -OCH3 is 1. The maximum Gasteiger partial charge on any atom is 0.314 e. The second kappa shape index (κ2) is 5.40. The van der Waals surface area contributed by atoms with Crippen LogP contribution in [0, 0.1) is 17.0 Å². The molecule has 0 spiro atoms. The number of nitrogens with two attached hydrogens (primary N) is 1. The SMILES string of the molecule is COC(=O)C(CN)c1ccc([N+](=O)[O-])c(C)c1. The molecule has 0 fully saturated rings. The molecule has 1 aromatic carbocycles. The van der Waals surface area contributed by atoms with Gasteiger partial charge in [-0.1, -0.05) is 6.07 Å². The molecule has 1 unspecified atom stereocenters. The molecule has 0 aliphatic carbocycles. The molecule has 0 aromatic heterocycles. The number of esters is 1. The molecule has 0 aliphatic rings. The fourth-order valence-electron chi connectivity index (χ4n) is 1.61. The van der Waals surface area contributed by atoms with Crippen LogP contribution in [-0.2, 0) is 9.53 Å². The zero-order valence-electron chi connectivity index (χ0n) is 9.67. The van der Waals surface area contributed by atoms with Crippen molar-refractivity contribution in [2.75, 3.05) is 13.7 Å². The lowest BCUT2D eigenvalue weighted by Crippen LogP contribution is -2.22. The number of hydrogen-bond acceptors (Lipinski definition) is 5. The van der Waals surface area contributed by atoms with Crippen LogP contribution in [0.15, 0.2) is 18.2 Å². The first kappa shape index (κ1) is 13.1. The molecule has 0 heterocycles. The summed E-state index contributed by atoms with van der Waals surface area (Å²) >= 11 is 0. The van der Waals surface area contributed by atoms with Crippen LogP contribution in [0.4, 0.5) is 5.69 Å². The zero-order chi connectivity index (χ0) is 13.0. The average Bonchev–Trinajstić information content (AvgIpc) is 2.29. The summed E-state index contributed by atoms with van der Waals surface area (Å²) in [6, 6.07) is 4.49. The third kappa shape index (κ3) is 2.79. The van der Waals surface area contributed by atoms with E-state index < -0.39 is 16.8 Å². The van der Waals surface area contributed by atoms with Crippen LogP contribution in [0.2, 0.25) is 0 Å². The Bertz CT molecular complexity index is 445. The molecular formula is C11H14N2O4. The predicted octanol–water partition coefficient (Wildman–Crippen LogP) is 1.12. The molecule has 0 amide bonds. The standard InChI is InChI=1S/C11H14N2O4/c1-7-5-8(3-4-10(7)13(15)16)9(6-12)11(14)17-2/h3-5,9H,6,12H2,1-2H3. The van der Waals surface area contributed by atoms with Crippen molar-refractivity contribution in [2.45, 2.75) is 12.8 Å². The zero-order valence-corrected chi connectivity index (χ0v) is 9.67. The number of carbonyl (C=O) groups is 1. The Morgan fingerprint density at radius 1 is 1.59 bits per heavy atom. The summed E-state index contributed by atoms with van der Waals surface area (Å²) in [6.45, 7) is 1.72. The molecule has 92 valence electrons. The van der Waals surface area contributed by atoms with Crippen molar-refractivity contribution in [3.8, 4) is 0 Å². The highest BCUT2D eigenvalue weighted by Crippen LogP contribution is 2.24. The summed E-state index contributed by atoms with van der Waals surface area (Å²) in [6.07, 6.45) is 0. The number of nitrogens with zero attached hydrogens (tertiary/aromatic N) is 1. The van der Waals surface area contributed by atoms with E-state index in [1.165, 1.54) is 19.2 Å². The summed E-state index contributed by atoms with van der Waals surface area (Å²) in [5.74, 6) is -1.03. The van der Waals surface area contributed by atoms with Gasteiger partial charge in [0.25, 0.3) is 5.69 Å². The molecule has 1 atom stereocenters. The van der Waals surface area contributed by atoms with Crippen molar-refractivity contribution in [2.24, 2.45) is 5.73 Å². The normalized spacial score (nSPS) is 11.9. The number of carbonyl (C=O) groups excluding carboxylic acids is 1. The largest absolute Gasteiger partial charge is 0.469 e. The van der Waals surface area contributed by atoms with E-state index in [9.17, 15) is 14.9 Å². The quantitative estimate of drug-likeness (QED) is 0.481. The molecule has 0 bridgehead atoms. The van der Waals surface area contributed by atoms with Crippen molar-refractivity contribution in [3.63, 3.8) is 0 Å². The lowest BCUT2D eigenvalue weighted by Gasteiger charge is -2.13. The monoisotopic (exact) mass is 238 g/mol. The molecule has 6 nitrogen and oxygen atoms in total. The van der Waals surface area contributed by atoms with Crippen LogP contribution in [0.25, 0.3) is 0 Å². The highest BCUT2D eigenvalue weighted by molar-refractivity contribution is 5.78. The van der Waals surface area contributed by atoms with E-state index in [-0.39, 0.29) is 12.2 Å². The molecule has 2 N–H and O–H groups in total. The third-order valence-electron chi connectivity index (χ3n) is 2.54. The second-order valence-corrected chi connectivity index (χ2v) is 3.61. The third-order valence-corrected chi connectivity index (χ3v) is 2.54. The minimum absolute atomic E-state index is 0.0226. The van der Waals surface area contributed by atoms with Gasteiger partial charge in [-0.05, 0) is 18.6 Å². The van der Waals surface area contributed by atoms with Crippen LogP contribution in [0.3, 0.4) is 0 Å². The number of nitro benzene ring substituents is 1. The van der Waals surface area contributed by atoms with Crippen molar-refractivity contribution < 1.29 is 14.5 Å². The van der Waals surface area contributed by atoms with Crippen LogP contribution in [0.5, 0.6) is 0 Å². The smallest absolute Gasteiger partial charge is 0.314 e. The Balaban J connectivity index is 3.11. The van der Waals surface area contributed by atoms with Gasteiger partial charge in [-0.25, -0.2) is 0 Å². The summed E-state index contributed by atoms with van der Waals surface area (Å²) in [5.41, 5.74) is 6.64. The topological polar surface area (TPSA) is 95.5 Å². The molecule has 0 radical (unpaired) electrons. The van der Waals surface area contributed by atoms with Gasteiger partial charge in [0.05, 0.1) is 18.0 Å². The van der Waals surface area contributed by atoms with Gasteiger partial charge < -0.3 is 10.5 Å². The van der Waals surface area contributed by atoms with Gasteiger partial charge in [-0.3, -0.25) is 14.9 Å². The van der Waals surface area contributed by atoms with E-state index in [2.05, 4.69) is 4.74 Å². The first-order chi connectivity index (χ1) is 8.01. The average molecular weight is 238 g/mol. The number of aryl methyl sites for hydroxylation is 1. The maximum absolute atomic E-state index is 11.4. The molecule has 6 heteroatoms. The fourth-order valence-corrected chi connectivity index (χ4v) is 1.61. The number of benzene rings is 1.